The zero-order chi connectivity index (χ0) is 16.0. The summed E-state index contributed by atoms with van der Waals surface area (Å²) in [6.45, 7) is 4.30. The van der Waals surface area contributed by atoms with Crippen LogP contribution in [0, 0.1) is 5.82 Å². The van der Waals surface area contributed by atoms with Crippen LogP contribution < -0.4 is 0 Å². The number of para-hydroxylation sites is 1. The maximum atomic E-state index is 14.2. The summed E-state index contributed by atoms with van der Waals surface area (Å²) in [7, 11) is 0. The smallest absolute Gasteiger partial charge is 0.144 e. The lowest BCUT2D eigenvalue weighted by Gasteiger charge is -2.07. The Morgan fingerprint density at radius 2 is 1.87 bits per heavy atom. The van der Waals surface area contributed by atoms with Crippen molar-refractivity contribution in [3.05, 3.63) is 66.1 Å². The van der Waals surface area contributed by atoms with Crippen LogP contribution in [0.15, 0.2) is 59.1 Å². The molecule has 0 spiro atoms. The number of fused-ring (bicyclic) bond motifs is 3. The van der Waals surface area contributed by atoms with Gasteiger partial charge in [-0.25, -0.2) is 4.39 Å². The number of halogens is 1. The first-order valence-corrected chi connectivity index (χ1v) is 7.71. The van der Waals surface area contributed by atoms with Crippen molar-refractivity contribution in [2.45, 2.75) is 19.8 Å². The number of aromatic nitrogens is 1. The zero-order valence-corrected chi connectivity index (χ0v) is 13.0. The van der Waals surface area contributed by atoms with Crippen LogP contribution in [0.1, 0.15) is 25.3 Å². The summed E-state index contributed by atoms with van der Waals surface area (Å²) in [5, 5.41) is 1.32. The van der Waals surface area contributed by atoms with Gasteiger partial charge in [0.05, 0.1) is 11.1 Å². The Morgan fingerprint density at radius 1 is 1.04 bits per heavy atom. The summed E-state index contributed by atoms with van der Waals surface area (Å²) >= 11 is 0. The molecule has 0 saturated heterocycles. The zero-order valence-electron chi connectivity index (χ0n) is 13.0. The second-order valence-electron chi connectivity index (χ2n) is 6.03. The van der Waals surface area contributed by atoms with Crippen molar-refractivity contribution in [2.75, 3.05) is 0 Å². The van der Waals surface area contributed by atoms with E-state index in [0.29, 0.717) is 22.5 Å². The van der Waals surface area contributed by atoms with Gasteiger partial charge in [0.25, 0.3) is 0 Å². The summed E-state index contributed by atoms with van der Waals surface area (Å²) in [5.41, 5.74) is 4.20. The van der Waals surface area contributed by atoms with Crippen molar-refractivity contribution in [3.8, 4) is 11.3 Å². The Hall–Kier alpha value is -2.68. The van der Waals surface area contributed by atoms with Gasteiger partial charge in [0.15, 0.2) is 0 Å². The average Bonchev–Trinajstić information content (AvgIpc) is 2.94. The molecule has 0 fully saturated rings. The van der Waals surface area contributed by atoms with Crippen LogP contribution in [0.4, 0.5) is 4.39 Å². The molecule has 0 radical (unpaired) electrons. The highest BCUT2D eigenvalue weighted by molar-refractivity contribution is 6.09. The minimum Gasteiger partial charge on any atom is -0.455 e. The lowest BCUT2D eigenvalue weighted by atomic mass is 10.0. The normalized spacial score (nSPS) is 11.7. The Balaban J connectivity index is 2.03. The van der Waals surface area contributed by atoms with Crippen LogP contribution in [0.2, 0.25) is 0 Å². The van der Waals surface area contributed by atoms with Crippen LogP contribution >= 0.6 is 0 Å². The summed E-state index contributed by atoms with van der Waals surface area (Å²) in [6.07, 6.45) is 1.81. The first kappa shape index (κ1) is 13.9. The van der Waals surface area contributed by atoms with E-state index in [0.717, 1.165) is 16.6 Å². The van der Waals surface area contributed by atoms with Gasteiger partial charge in [-0.2, -0.15) is 0 Å². The lowest BCUT2D eigenvalue weighted by molar-refractivity contribution is 0.634. The van der Waals surface area contributed by atoms with E-state index >= 15 is 0 Å². The molecule has 23 heavy (non-hydrogen) atoms. The Labute approximate surface area is 133 Å². The standard InChI is InChI=1S/C20H16FNO/c1-12(2)13-9-10-22-17(11-13)14-5-3-6-15-19-16(21)7-4-8-18(19)23-20(14)15/h3-12H,1-2H3. The quantitative estimate of drug-likeness (QED) is 0.460. The number of nitrogens with zero attached hydrogens (tertiary/aromatic N) is 1. The molecule has 0 bridgehead atoms. The fourth-order valence-electron chi connectivity index (χ4n) is 2.96. The molecule has 0 atom stereocenters. The number of pyridine rings is 1. The fraction of sp³-hybridized carbons (Fsp3) is 0.150. The number of hydrogen-bond acceptors (Lipinski definition) is 2. The number of benzene rings is 2. The predicted molar refractivity (Wildman–Crippen MR) is 91.0 cm³/mol. The van der Waals surface area contributed by atoms with Crippen molar-refractivity contribution in [3.63, 3.8) is 0 Å². The highest BCUT2D eigenvalue weighted by Crippen LogP contribution is 2.36. The molecular weight excluding hydrogens is 289 g/mol. The van der Waals surface area contributed by atoms with E-state index in [1.165, 1.54) is 11.6 Å². The fourth-order valence-corrected chi connectivity index (χ4v) is 2.96. The van der Waals surface area contributed by atoms with Gasteiger partial charge in [-0.05, 0) is 41.8 Å². The molecule has 4 aromatic rings. The number of hydrogen-bond donors (Lipinski definition) is 0. The van der Waals surface area contributed by atoms with Crippen LogP contribution in [-0.2, 0) is 0 Å². The second-order valence-corrected chi connectivity index (χ2v) is 6.03. The molecule has 0 aliphatic heterocycles. The summed E-state index contributed by atoms with van der Waals surface area (Å²) in [6, 6.07) is 14.8. The van der Waals surface area contributed by atoms with Crippen molar-refractivity contribution in [1.29, 1.82) is 0 Å². The van der Waals surface area contributed by atoms with Gasteiger partial charge < -0.3 is 4.42 Å². The van der Waals surface area contributed by atoms with Gasteiger partial charge in [-0.15, -0.1) is 0 Å². The molecule has 0 N–H and O–H groups in total. The highest BCUT2D eigenvalue weighted by atomic mass is 19.1. The molecular formula is C20H16FNO. The highest BCUT2D eigenvalue weighted by Gasteiger charge is 2.15. The molecule has 0 amide bonds. The van der Waals surface area contributed by atoms with Crippen molar-refractivity contribution in [1.82, 2.24) is 4.98 Å². The number of furan rings is 1. The third kappa shape index (κ3) is 2.20. The van der Waals surface area contributed by atoms with E-state index in [-0.39, 0.29) is 5.82 Å². The van der Waals surface area contributed by atoms with E-state index in [9.17, 15) is 4.39 Å². The molecule has 3 heteroatoms. The van der Waals surface area contributed by atoms with Gasteiger partial charge in [-0.3, -0.25) is 4.98 Å². The van der Waals surface area contributed by atoms with Gasteiger partial charge in [0.2, 0.25) is 0 Å². The Bertz CT molecular complexity index is 1020. The van der Waals surface area contributed by atoms with Crippen LogP contribution in [0.3, 0.4) is 0 Å². The van der Waals surface area contributed by atoms with Gasteiger partial charge in [-0.1, -0.05) is 32.0 Å². The molecule has 0 aliphatic rings. The molecule has 4 rings (SSSR count). The van der Waals surface area contributed by atoms with E-state index in [1.807, 2.05) is 30.5 Å². The minimum atomic E-state index is -0.262. The molecule has 0 aliphatic carbocycles. The SMILES string of the molecule is CC(C)c1ccnc(-c2cccc3c2oc2cccc(F)c23)c1. The van der Waals surface area contributed by atoms with E-state index in [4.69, 9.17) is 4.42 Å². The van der Waals surface area contributed by atoms with Crippen LogP contribution in [0.5, 0.6) is 0 Å². The third-order valence-corrected chi connectivity index (χ3v) is 4.20. The van der Waals surface area contributed by atoms with Gasteiger partial charge in [0.1, 0.15) is 17.0 Å². The maximum Gasteiger partial charge on any atom is 0.144 e. The van der Waals surface area contributed by atoms with E-state index < -0.39 is 0 Å². The van der Waals surface area contributed by atoms with Gasteiger partial charge >= 0.3 is 0 Å². The molecule has 2 aromatic heterocycles. The molecule has 114 valence electrons. The average molecular weight is 305 g/mol. The molecule has 0 unspecified atom stereocenters. The Kier molecular flexibility index (Phi) is 3.15. The van der Waals surface area contributed by atoms with Crippen molar-refractivity contribution >= 4 is 21.9 Å². The molecule has 2 aromatic carbocycles. The monoisotopic (exact) mass is 305 g/mol. The van der Waals surface area contributed by atoms with Gasteiger partial charge in [0, 0.05) is 17.1 Å². The Morgan fingerprint density at radius 3 is 2.70 bits per heavy atom. The van der Waals surface area contributed by atoms with Crippen molar-refractivity contribution < 1.29 is 8.81 Å². The second kappa shape index (κ2) is 5.20. The lowest BCUT2D eigenvalue weighted by Crippen LogP contribution is -1.90. The minimum absolute atomic E-state index is 0.262. The summed E-state index contributed by atoms with van der Waals surface area (Å²) in [4.78, 5) is 4.48. The summed E-state index contributed by atoms with van der Waals surface area (Å²) < 4.78 is 20.1. The molecule has 2 heterocycles. The van der Waals surface area contributed by atoms with E-state index in [2.05, 4.69) is 24.9 Å². The maximum absolute atomic E-state index is 14.2. The first-order chi connectivity index (χ1) is 11.1. The van der Waals surface area contributed by atoms with Crippen molar-refractivity contribution in [2.24, 2.45) is 0 Å². The molecule has 2 nitrogen and oxygen atoms in total. The predicted octanol–water partition coefficient (Wildman–Crippen LogP) is 5.91. The number of rotatable bonds is 2. The summed E-state index contributed by atoms with van der Waals surface area (Å²) in [5.74, 6) is 0.159. The topological polar surface area (TPSA) is 26.0 Å². The third-order valence-electron chi connectivity index (χ3n) is 4.20. The molecule has 0 saturated carbocycles. The van der Waals surface area contributed by atoms with E-state index in [1.54, 1.807) is 12.1 Å². The van der Waals surface area contributed by atoms with Crippen LogP contribution in [0.25, 0.3) is 33.2 Å². The first-order valence-electron chi connectivity index (χ1n) is 7.71. The van der Waals surface area contributed by atoms with Crippen LogP contribution in [-0.4, -0.2) is 4.98 Å². The largest absolute Gasteiger partial charge is 0.455 e.